The number of ether oxygens (including phenoxy) is 1. The van der Waals surface area contributed by atoms with Crippen molar-refractivity contribution in [2.45, 2.75) is 25.5 Å². The topological polar surface area (TPSA) is 103 Å². The minimum Gasteiger partial charge on any atom is -0.484 e. The highest BCUT2D eigenvalue weighted by atomic mass is 16.5. The largest absolute Gasteiger partial charge is 0.484 e. The Morgan fingerprint density at radius 1 is 1.40 bits per heavy atom. The van der Waals surface area contributed by atoms with E-state index in [0.29, 0.717) is 11.4 Å². The number of anilines is 1. The third kappa shape index (κ3) is 3.05. The van der Waals surface area contributed by atoms with Crippen LogP contribution in [0, 0.1) is 0 Å². The van der Waals surface area contributed by atoms with E-state index in [1.165, 1.54) is 0 Å². The van der Waals surface area contributed by atoms with Crippen LogP contribution in [0.25, 0.3) is 0 Å². The average Bonchev–Trinajstić information content (AvgIpc) is 3.13. The van der Waals surface area contributed by atoms with E-state index >= 15 is 0 Å². The minimum absolute atomic E-state index is 0.0350. The zero-order valence-electron chi connectivity index (χ0n) is 10.7. The van der Waals surface area contributed by atoms with Crippen LogP contribution in [0.5, 0.6) is 5.75 Å². The SMILES string of the molecule is Nc1ccc(OCc2nc(C(=O)NC3CC3)no2)cc1. The van der Waals surface area contributed by atoms with Gasteiger partial charge in [0.15, 0.2) is 6.61 Å². The smallest absolute Gasteiger partial charge is 0.292 e. The molecule has 1 fully saturated rings. The summed E-state index contributed by atoms with van der Waals surface area (Å²) in [6.45, 7) is 0.105. The summed E-state index contributed by atoms with van der Waals surface area (Å²) in [5, 5.41) is 6.41. The van der Waals surface area contributed by atoms with Crippen LogP contribution in [0.2, 0.25) is 0 Å². The molecular weight excluding hydrogens is 260 g/mol. The van der Waals surface area contributed by atoms with Gasteiger partial charge in [0.2, 0.25) is 0 Å². The van der Waals surface area contributed by atoms with Gasteiger partial charge in [0.1, 0.15) is 5.75 Å². The van der Waals surface area contributed by atoms with E-state index in [9.17, 15) is 4.79 Å². The fraction of sp³-hybridized carbons (Fsp3) is 0.308. The van der Waals surface area contributed by atoms with E-state index in [0.717, 1.165) is 12.8 Å². The highest BCUT2D eigenvalue weighted by Gasteiger charge is 2.26. The predicted molar refractivity (Wildman–Crippen MR) is 70.0 cm³/mol. The zero-order valence-corrected chi connectivity index (χ0v) is 10.7. The van der Waals surface area contributed by atoms with Crippen molar-refractivity contribution in [1.29, 1.82) is 0 Å². The van der Waals surface area contributed by atoms with E-state index in [-0.39, 0.29) is 30.3 Å². The van der Waals surface area contributed by atoms with Gasteiger partial charge in [-0.15, -0.1) is 0 Å². The lowest BCUT2D eigenvalue weighted by Crippen LogP contribution is -2.26. The molecule has 0 spiro atoms. The number of aromatic nitrogens is 2. The van der Waals surface area contributed by atoms with Crippen LogP contribution in [0.4, 0.5) is 5.69 Å². The summed E-state index contributed by atoms with van der Waals surface area (Å²) in [6.07, 6.45) is 2.02. The van der Waals surface area contributed by atoms with Crippen LogP contribution in [-0.2, 0) is 6.61 Å². The lowest BCUT2D eigenvalue weighted by molar-refractivity contribution is 0.0937. The van der Waals surface area contributed by atoms with Gasteiger partial charge in [0.25, 0.3) is 17.6 Å². The number of nitrogens with one attached hydrogen (secondary N) is 1. The molecule has 1 amide bonds. The van der Waals surface area contributed by atoms with Crippen LogP contribution in [0.15, 0.2) is 28.8 Å². The second-order valence-electron chi connectivity index (χ2n) is 4.62. The number of nitrogen functional groups attached to an aromatic ring is 1. The second-order valence-corrected chi connectivity index (χ2v) is 4.62. The van der Waals surface area contributed by atoms with E-state index in [1.807, 2.05) is 0 Å². The first-order chi connectivity index (χ1) is 9.70. The van der Waals surface area contributed by atoms with Gasteiger partial charge in [-0.05, 0) is 37.1 Å². The van der Waals surface area contributed by atoms with Crippen LogP contribution in [0.3, 0.4) is 0 Å². The molecule has 7 heteroatoms. The second kappa shape index (κ2) is 5.20. The van der Waals surface area contributed by atoms with E-state index in [2.05, 4.69) is 15.5 Å². The summed E-state index contributed by atoms with van der Waals surface area (Å²) >= 11 is 0. The fourth-order valence-electron chi connectivity index (χ4n) is 1.59. The number of hydrogen-bond donors (Lipinski definition) is 2. The van der Waals surface area contributed by atoms with E-state index < -0.39 is 0 Å². The summed E-state index contributed by atoms with van der Waals surface area (Å²) in [5.41, 5.74) is 6.24. The third-order valence-electron chi connectivity index (χ3n) is 2.83. The molecule has 0 radical (unpaired) electrons. The fourth-order valence-corrected chi connectivity index (χ4v) is 1.59. The standard InChI is InChI=1S/C13H14N4O3/c14-8-1-5-10(6-2-8)19-7-11-16-12(17-20-11)13(18)15-9-3-4-9/h1-2,5-6,9H,3-4,7,14H2,(H,15,18). The third-order valence-corrected chi connectivity index (χ3v) is 2.83. The molecule has 3 N–H and O–H groups in total. The highest BCUT2D eigenvalue weighted by Crippen LogP contribution is 2.19. The van der Waals surface area contributed by atoms with Crippen molar-refractivity contribution in [2.75, 3.05) is 5.73 Å². The van der Waals surface area contributed by atoms with Gasteiger partial charge in [0, 0.05) is 11.7 Å². The Kier molecular flexibility index (Phi) is 3.24. The molecule has 0 aliphatic heterocycles. The van der Waals surface area contributed by atoms with Gasteiger partial charge in [-0.2, -0.15) is 4.98 Å². The van der Waals surface area contributed by atoms with Gasteiger partial charge in [0.05, 0.1) is 0 Å². The molecular formula is C13H14N4O3. The molecule has 2 aromatic rings. The first-order valence-electron chi connectivity index (χ1n) is 6.32. The Hall–Kier alpha value is -2.57. The first kappa shape index (κ1) is 12.5. The zero-order chi connectivity index (χ0) is 13.9. The first-order valence-corrected chi connectivity index (χ1v) is 6.32. The van der Waals surface area contributed by atoms with Crippen molar-refractivity contribution in [3.8, 4) is 5.75 Å². The maximum Gasteiger partial charge on any atom is 0.292 e. The molecule has 1 aromatic carbocycles. The van der Waals surface area contributed by atoms with Gasteiger partial charge in [-0.25, -0.2) is 0 Å². The molecule has 1 heterocycles. The van der Waals surface area contributed by atoms with Crippen molar-refractivity contribution in [1.82, 2.24) is 15.5 Å². The molecule has 7 nitrogen and oxygen atoms in total. The summed E-state index contributed by atoms with van der Waals surface area (Å²) in [4.78, 5) is 15.7. The van der Waals surface area contributed by atoms with Crippen LogP contribution in [-0.4, -0.2) is 22.1 Å². The number of benzene rings is 1. The summed E-state index contributed by atoms with van der Waals surface area (Å²) in [6, 6.07) is 7.21. The number of nitrogens with two attached hydrogens (primary N) is 1. The Labute approximate surface area is 115 Å². The Balaban J connectivity index is 1.56. The van der Waals surface area contributed by atoms with Crippen molar-refractivity contribution >= 4 is 11.6 Å². The Morgan fingerprint density at radius 3 is 2.85 bits per heavy atom. The van der Waals surface area contributed by atoms with Gasteiger partial charge < -0.3 is 20.3 Å². The summed E-state index contributed by atoms with van der Waals surface area (Å²) < 4.78 is 10.4. The molecule has 104 valence electrons. The van der Waals surface area contributed by atoms with Crippen molar-refractivity contribution in [2.24, 2.45) is 0 Å². The minimum atomic E-state index is -0.310. The number of nitrogens with zero attached hydrogens (tertiary/aromatic N) is 2. The highest BCUT2D eigenvalue weighted by molar-refractivity contribution is 5.90. The molecule has 3 rings (SSSR count). The molecule has 1 aliphatic rings. The lowest BCUT2D eigenvalue weighted by Gasteiger charge is -2.02. The number of rotatable bonds is 5. The van der Waals surface area contributed by atoms with Crippen LogP contribution >= 0.6 is 0 Å². The molecule has 1 saturated carbocycles. The molecule has 0 bridgehead atoms. The summed E-state index contributed by atoms with van der Waals surface area (Å²) in [5.74, 6) is 0.618. The van der Waals surface area contributed by atoms with Gasteiger partial charge in [-0.3, -0.25) is 4.79 Å². The molecule has 0 unspecified atom stereocenters. The summed E-state index contributed by atoms with van der Waals surface area (Å²) in [7, 11) is 0. The molecule has 0 atom stereocenters. The molecule has 1 aromatic heterocycles. The Bertz CT molecular complexity index is 604. The number of carbonyl (C=O) groups is 1. The van der Waals surface area contributed by atoms with Gasteiger partial charge in [-0.1, -0.05) is 5.16 Å². The van der Waals surface area contributed by atoms with Crippen molar-refractivity contribution in [3.63, 3.8) is 0 Å². The van der Waals surface area contributed by atoms with Crippen molar-refractivity contribution in [3.05, 3.63) is 36.0 Å². The maximum atomic E-state index is 11.7. The average molecular weight is 274 g/mol. The molecule has 0 saturated heterocycles. The number of carbonyl (C=O) groups excluding carboxylic acids is 1. The number of hydrogen-bond acceptors (Lipinski definition) is 6. The molecule has 1 aliphatic carbocycles. The van der Waals surface area contributed by atoms with E-state index in [4.69, 9.17) is 15.0 Å². The van der Waals surface area contributed by atoms with Gasteiger partial charge >= 0.3 is 0 Å². The lowest BCUT2D eigenvalue weighted by atomic mass is 10.3. The quantitative estimate of drug-likeness (QED) is 0.792. The van der Waals surface area contributed by atoms with Crippen molar-refractivity contribution < 1.29 is 14.1 Å². The monoisotopic (exact) mass is 274 g/mol. The van der Waals surface area contributed by atoms with E-state index in [1.54, 1.807) is 24.3 Å². The Morgan fingerprint density at radius 2 is 2.15 bits per heavy atom. The van der Waals surface area contributed by atoms with Crippen LogP contribution in [0.1, 0.15) is 29.4 Å². The normalized spacial score (nSPS) is 14.0. The predicted octanol–water partition coefficient (Wildman–Crippen LogP) is 1.12. The maximum absolute atomic E-state index is 11.7. The number of amides is 1. The molecule has 20 heavy (non-hydrogen) atoms. The van der Waals surface area contributed by atoms with Crippen LogP contribution < -0.4 is 15.8 Å².